The first-order chi connectivity index (χ1) is 12.5. The fourth-order valence-electron chi connectivity index (χ4n) is 2.32. The van der Waals surface area contributed by atoms with E-state index in [0.717, 1.165) is 0 Å². The zero-order valence-corrected chi connectivity index (χ0v) is 13.9. The first-order valence-electron chi connectivity index (χ1n) is 7.80. The molecule has 8 heteroatoms. The molecule has 0 aliphatic rings. The van der Waals surface area contributed by atoms with Crippen LogP contribution in [-0.2, 0) is 13.2 Å². The number of hydrogen-bond acceptors (Lipinski definition) is 6. The fourth-order valence-corrected chi connectivity index (χ4v) is 2.32. The summed E-state index contributed by atoms with van der Waals surface area (Å²) in [5.41, 5.74) is 0.538. The van der Waals surface area contributed by atoms with Crippen molar-refractivity contribution in [3.8, 4) is 5.75 Å². The summed E-state index contributed by atoms with van der Waals surface area (Å²) in [6, 6.07) is 11.2. The van der Waals surface area contributed by atoms with Gasteiger partial charge in [-0.1, -0.05) is 0 Å². The highest BCUT2D eigenvalue weighted by molar-refractivity contribution is 5.91. The molecular weight excluding hydrogens is 340 g/mol. The van der Waals surface area contributed by atoms with Gasteiger partial charge in [0.05, 0.1) is 17.7 Å². The Kier molecular flexibility index (Phi) is 5.02. The first kappa shape index (κ1) is 17.3. The molecule has 0 saturated heterocycles. The molecule has 8 nitrogen and oxygen atoms in total. The minimum Gasteiger partial charge on any atom is -0.486 e. The van der Waals surface area contributed by atoms with Gasteiger partial charge in [0.1, 0.15) is 23.9 Å². The van der Waals surface area contributed by atoms with Gasteiger partial charge in [-0.2, -0.15) is 0 Å². The molecule has 0 bridgehead atoms. The number of carbonyl (C=O) groups is 1. The van der Waals surface area contributed by atoms with Gasteiger partial charge >= 0.3 is 0 Å². The molecule has 1 N–H and O–H groups in total. The van der Waals surface area contributed by atoms with Gasteiger partial charge in [-0.25, -0.2) is 0 Å². The van der Waals surface area contributed by atoms with Gasteiger partial charge in [0.25, 0.3) is 11.6 Å². The third kappa shape index (κ3) is 4.10. The van der Waals surface area contributed by atoms with Gasteiger partial charge in [-0.3, -0.25) is 14.9 Å². The van der Waals surface area contributed by atoms with E-state index in [9.17, 15) is 14.9 Å². The summed E-state index contributed by atoms with van der Waals surface area (Å²) in [4.78, 5) is 22.4. The highest BCUT2D eigenvalue weighted by Crippen LogP contribution is 2.24. The lowest BCUT2D eigenvalue weighted by Gasteiger charge is -2.05. The standard InChI is InChI=1S/C18H16N2O6/c1-12-9-13(4-6-16(12)20(22)23)25-11-15-5-7-17(26-15)18(21)19-10-14-3-2-8-24-14/h2-9H,10-11H2,1H3,(H,19,21). The lowest BCUT2D eigenvalue weighted by Crippen LogP contribution is -2.21. The van der Waals surface area contributed by atoms with Crippen LogP contribution in [0.1, 0.15) is 27.6 Å². The van der Waals surface area contributed by atoms with E-state index in [0.29, 0.717) is 22.8 Å². The van der Waals surface area contributed by atoms with Crippen LogP contribution in [0.4, 0.5) is 5.69 Å². The minimum absolute atomic E-state index is 0.0332. The predicted molar refractivity (Wildman–Crippen MR) is 90.8 cm³/mol. The van der Waals surface area contributed by atoms with Crippen molar-refractivity contribution in [1.82, 2.24) is 5.32 Å². The molecular formula is C18H16N2O6. The van der Waals surface area contributed by atoms with Crippen molar-refractivity contribution in [3.05, 3.63) is 81.7 Å². The van der Waals surface area contributed by atoms with E-state index < -0.39 is 4.92 Å². The number of rotatable bonds is 7. The number of amides is 1. The van der Waals surface area contributed by atoms with E-state index in [1.54, 1.807) is 37.3 Å². The van der Waals surface area contributed by atoms with Gasteiger partial charge in [-0.15, -0.1) is 0 Å². The van der Waals surface area contributed by atoms with E-state index >= 15 is 0 Å². The number of nitro benzene ring substituents is 1. The number of nitro groups is 1. The molecule has 134 valence electrons. The Bertz CT molecular complexity index is 914. The lowest BCUT2D eigenvalue weighted by molar-refractivity contribution is -0.385. The molecule has 0 aliphatic carbocycles. The second-order valence-corrected chi connectivity index (χ2v) is 5.52. The van der Waals surface area contributed by atoms with E-state index in [1.807, 2.05) is 0 Å². The summed E-state index contributed by atoms with van der Waals surface area (Å²) in [5, 5.41) is 13.5. The summed E-state index contributed by atoms with van der Waals surface area (Å²) in [6.07, 6.45) is 1.53. The smallest absolute Gasteiger partial charge is 0.287 e. The van der Waals surface area contributed by atoms with E-state index in [2.05, 4.69) is 5.32 Å². The molecule has 26 heavy (non-hydrogen) atoms. The fraction of sp³-hybridized carbons (Fsp3) is 0.167. The maximum Gasteiger partial charge on any atom is 0.287 e. The molecule has 1 aromatic carbocycles. The molecule has 0 aliphatic heterocycles. The number of nitrogens with one attached hydrogen (secondary N) is 1. The largest absolute Gasteiger partial charge is 0.486 e. The average Bonchev–Trinajstić information content (AvgIpc) is 3.29. The average molecular weight is 356 g/mol. The monoisotopic (exact) mass is 356 g/mol. The minimum atomic E-state index is -0.445. The zero-order chi connectivity index (χ0) is 18.5. The molecule has 1 amide bonds. The Morgan fingerprint density at radius 2 is 2.08 bits per heavy atom. The Hall–Kier alpha value is -3.55. The number of carbonyl (C=O) groups excluding carboxylic acids is 1. The topological polar surface area (TPSA) is 108 Å². The van der Waals surface area contributed by atoms with E-state index in [4.69, 9.17) is 13.6 Å². The normalized spacial score (nSPS) is 10.5. The third-order valence-electron chi connectivity index (χ3n) is 3.63. The summed E-state index contributed by atoms with van der Waals surface area (Å²) < 4.78 is 16.1. The second-order valence-electron chi connectivity index (χ2n) is 5.52. The molecule has 0 radical (unpaired) electrons. The van der Waals surface area contributed by atoms with E-state index in [-0.39, 0.29) is 30.5 Å². The van der Waals surface area contributed by atoms with Gasteiger partial charge in [-0.05, 0) is 43.3 Å². The Labute approximate surface area is 148 Å². The van der Waals surface area contributed by atoms with Crippen LogP contribution in [0.3, 0.4) is 0 Å². The van der Waals surface area contributed by atoms with Crippen molar-refractivity contribution < 1.29 is 23.3 Å². The van der Waals surface area contributed by atoms with Crippen molar-refractivity contribution in [3.63, 3.8) is 0 Å². The highest BCUT2D eigenvalue weighted by Gasteiger charge is 2.13. The number of furan rings is 2. The molecule has 3 rings (SSSR count). The molecule has 0 fully saturated rings. The van der Waals surface area contributed by atoms with Crippen molar-refractivity contribution in [2.45, 2.75) is 20.1 Å². The Balaban J connectivity index is 1.55. The molecule has 0 saturated carbocycles. The highest BCUT2D eigenvalue weighted by atomic mass is 16.6. The van der Waals surface area contributed by atoms with E-state index in [1.165, 1.54) is 18.4 Å². The number of nitrogens with zero attached hydrogens (tertiary/aromatic N) is 1. The van der Waals surface area contributed by atoms with Gasteiger partial charge < -0.3 is 18.9 Å². The van der Waals surface area contributed by atoms with Gasteiger partial charge in [0, 0.05) is 11.6 Å². The number of ether oxygens (including phenoxy) is 1. The zero-order valence-electron chi connectivity index (χ0n) is 13.9. The quantitative estimate of drug-likeness (QED) is 0.512. The van der Waals surface area contributed by atoms with Crippen LogP contribution in [0.25, 0.3) is 0 Å². The maximum absolute atomic E-state index is 12.0. The summed E-state index contributed by atoms with van der Waals surface area (Å²) in [7, 11) is 0. The summed E-state index contributed by atoms with van der Waals surface area (Å²) >= 11 is 0. The van der Waals surface area contributed by atoms with Crippen LogP contribution in [0.5, 0.6) is 5.75 Å². The molecule has 3 aromatic rings. The molecule has 2 heterocycles. The number of aryl methyl sites for hydroxylation is 1. The first-order valence-corrected chi connectivity index (χ1v) is 7.80. The van der Waals surface area contributed by atoms with Crippen LogP contribution in [0.15, 0.2) is 57.6 Å². The molecule has 0 unspecified atom stereocenters. The van der Waals surface area contributed by atoms with Crippen LogP contribution >= 0.6 is 0 Å². The predicted octanol–water partition coefficient (Wildman–Crippen LogP) is 3.60. The second kappa shape index (κ2) is 7.56. The SMILES string of the molecule is Cc1cc(OCc2ccc(C(=O)NCc3ccco3)o2)ccc1[N+](=O)[O-]. The molecule has 2 aromatic heterocycles. The van der Waals surface area contributed by atoms with Gasteiger partial charge in [0.2, 0.25) is 0 Å². The summed E-state index contributed by atoms with van der Waals surface area (Å²) in [5.74, 6) is 1.38. The number of benzene rings is 1. The Morgan fingerprint density at radius 1 is 1.23 bits per heavy atom. The van der Waals surface area contributed by atoms with Crippen molar-refractivity contribution in [2.75, 3.05) is 0 Å². The van der Waals surface area contributed by atoms with Crippen LogP contribution in [0, 0.1) is 17.0 Å². The van der Waals surface area contributed by atoms with Crippen molar-refractivity contribution in [2.24, 2.45) is 0 Å². The molecule has 0 atom stereocenters. The van der Waals surface area contributed by atoms with Crippen LogP contribution in [0.2, 0.25) is 0 Å². The molecule has 0 spiro atoms. The van der Waals surface area contributed by atoms with Crippen molar-refractivity contribution in [1.29, 1.82) is 0 Å². The third-order valence-corrected chi connectivity index (χ3v) is 3.63. The lowest BCUT2D eigenvalue weighted by atomic mass is 10.2. The van der Waals surface area contributed by atoms with Crippen molar-refractivity contribution >= 4 is 11.6 Å². The van der Waals surface area contributed by atoms with Crippen LogP contribution < -0.4 is 10.1 Å². The summed E-state index contributed by atoms with van der Waals surface area (Å²) in [6.45, 7) is 2.00. The Morgan fingerprint density at radius 3 is 2.77 bits per heavy atom. The van der Waals surface area contributed by atoms with Crippen LogP contribution in [-0.4, -0.2) is 10.8 Å². The maximum atomic E-state index is 12.0. The number of hydrogen-bond donors (Lipinski definition) is 1. The van der Waals surface area contributed by atoms with Gasteiger partial charge in [0.15, 0.2) is 5.76 Å².